The van der Waals surface area contributed by atoms with Crippen molar-refractivity contribution in [3.63, 3.8) is 0 Å². The van der Waals surface area contributed by atoms with Crippen molar-refractivity contribution < 1.29 is 14.3 Å². The highest BCUT2D eigenvalue weighted by molar-refractivity contribution is 5.95. The topological polar surface area (TPSA) is 92.7 Å². The minimum Gasteiger partial charge on any atom is -0.487 e. The third-order valence-electron chi connectivity index (χ3n) is 8.84. The van der Waals surface area contributed by atoms with Crippen molar-refractivity contribution >= 4 is 17.9 Å². The molecule has 1 aliphatic heterocycles. The molecule has 1 amide bonds. The number of aromatic nitrogens is 1. The van der Waals surface area contributed by atoms with Crippen molar-refractivity contribution in [1.82, 2.24) is 15.2 Å². The van der Waals surface area contributed by atoms with Crippen molar-refractivity contribution in [3.05, 3.63) is 57.5 Å². The number of nitrogens with zero attached hydrogens (tertiary/aromatic N) is 2. The van der Waals surface area contributed by atoms with Crippen LogP contribution in [-0.4, -0.2) is 42.1 Å². The Balaban J connectivity index is 1.58. The molecule has 8 nitrogen and oxygen atoms in total. The minimum absolute atomic E-state index is 0.0346. The van der Waals surface area contributed by atoms with Gasteiger partial charge in [-0.05, 0) is 69.6 Å². The van der Waals surface area contributed by atoms with Gasteiger partial charge in [0.05, 0.1) is 11.7 Å². The number of pyridine rings is 1. The van der Waals surface area contributed by atoms with E-state index >= 15 is 0 Å². The fourth-order valence-electron chi connectivity index (χ4n) is 6.11. The number of unbranched alkanes of at least 4 members (excludes halogenated alkanes) is 1. The van der Waals surface area contributed by atoms with E-state index in [2.05, 4.69) is 49.6 Å². The summed E-state index contributed by atoms with van der Waals surface area (Å²) in [7, 11) is 1.85. The third kappa shape index (κ3) is 7.03. The van der Waals surface area contributed by atoms with E-state index in [0.29, 0.717) is 37.1 Å². The molecule has 8 heteroatoms. The van der Waals surface area contributed by atoms with Crippen LogP contribution in [-0.2, 0) is 11.2 Å². The summed E-state index contributed by atoms with van der Waals surface area (Å²) in [6, 6.07) is 8.23. The van der Waals surface area contributed by atoms with E-state index in [1.807, 2.05) is 18.9 Å². The lowest BCUT2D eigenvalue weighted by molar-refractivity contribution is -0.107. The summed E-state index contributed by atoms with van der Waals surface area (Å²) in [5, 5.41) is 6.97. The van der Waals surface area contributed by atoms with Crippen LogP contribution in [0, 0.1) is 0 Å². The SMILES string of the molecule is CCCC(C)n1cc(C(=O)NC(CC)NC2CC3(CCC3)Oc3ccc(CC)cc32)cc(N(C)CCCC=O)c1=O. The zero-order valence-electron chi connectivity index (χ0n) is 25.5. The molecule has 1 aromatic heterocycles. The Morgan fingerprint density at radius 3 is 2.66 bits per heavy atom. The predicted molar refractivity (Wildman–Crippen MR) is 164 cm³/mol. The molecule has 1 saturated carbocycles. The first-order valence-electron chi connectivity index (χ1n) is 15.5. The van der Waals surface area contributed by atoms with Crippen molar-refractivity contribution in [2.75, 3.05) is 18.5 Å². The van der Waals surface area contributed by atoms with Crippen LogP contribution in [0.3, 0.4) is 0 Å². The van der Waals surface area contributed by atoms with Gasteiger partial charge in [-0.25, -0.2) is 0 Å². The maximum absolute atomic E-state index is 13.7. The number of carbonyl (C=O) groups is 2. The largest absolute Gasteiger partial charge is 0.487 e. The molecule has 2 heterocycles. The average molecular weight is 565 g/mol. The lowest BCUT2D eigenvalue weighted by atomic mass is 9.72. The van der Waals surface area contributed by atoms with Crippen LogP contribution in [0.5, 0.6) is 5.75 Å². The molecule has 0 radical (unpaired) electrons. The lowest BCUT2D eigenvalue weighted by Gasteiger charge is -2.48. The standard InChI is InChI=1S/C33H48N4O4/c1-6-12-23(4)37-22-25(20-28(32(37)40)36(5)17-9-10-18-38)31(39)35-30(8-3)34-27-21-33(15-11-16-33)41-29-14-13-24(7-2)19-26(27)29/h13-14,18-20,22-23,27,30,34H,6-12,15-17,21H2,1-5H3,(H,35,39). The second-order valence-corrected chi connectivity index (χ2v) is 11.9. The molecule has 3 atom stereocenters. The van der Waals surface area contributed by atoms with E-state index in [9.17, 15) is 14.4 Å². The molecular weight excluding hydrogens is 516 g/mol. The number of nitrogens with one attached hydrogen (secondary N) is 2. The van der Waals surface area contributed by atoms with Crippen LogP contribution in [0.4, 0.5) is 5.69 Å². The fraction of sp³-hybridized carbons (Fsp3) is 0.606. The van der Waals surface area contributed by atoms with Gasteiger partial charge >= 0.3 is 0 Å². The summed E-state index contributed by atoms with van der Waals surface area (Å²) < 4.78 is 8.20. The number of hydrogen-bond acceptors (Lipinski definition) is 6. The van der Waals surface area contributed by atoms with E-state index in [1.54, 1.807) is 16.8 Å². The predicted octanol–water partition coefficient (Wildman–Crippen LogP) is 5.69. The van der Waals surface area contributed by atoms with Crippen LogP contribution in [0.1, 0.15) is 119 Å². The Labute approximate surface area is 244 Å². The number of aldehydes is 1. The minimum atomic E-state index is -0.247. The van der Waals surface area contributed by atoms with Gasteiger partial charge in [0.1, 0.15) is 23.3 Å². The number of aryl methyl sites for hydroxylation is 1. The molecule has 0 bridgehead atoms. The molecule has 2 N–H and O–H groups in total. The Kier molecular flexibility index (Phi) is 10.3. The molecule has 2 aromatic rings. The number of carbonyl (C=O) groups excluding carboxylic acids is 2. The maximum atomic E-state index is 13.7. The quantitative estimate of drug-likeness (QED) is 0.174. The maximum Gasteiger partial charge on any atom is 0.274 e. The van der Waals surface area contributed by atoms with Crippen LogP contribution >= 0.6 is 0 Å². The van der Waals surface area contributed by atoms with Gasteiger partial charge in [-0.3, -0.25) is 14.9 Å². The number of rotatable bonds is 14. The first kappa shape index (κ1) is 30.8. The molecule has 0 saturated heterocycles. The second kappa shape index (κ2) is 13.7. The summed E-state index contributed by atoms with van der Waals surface area (Å²) >= 11 is 0. The van der Waals surface area contributed by atoms with E-state index in [1.165, 1.54) is 12.0 Å². The number of hydrogen-bond donors (Lipinski definition) is 2. The molecule has 1 spiro atoms. The highest BCUT2D eigenvalue weighted by Gasteiger charge is 2.46. The Hall–Kier alpha value is -3.13. The van der Waals surface area contributed by atoms with Gasteiger partial charge in [0.15, 0.2) is 0 Å². The van der Waals surface area contributed by atoms with Gasteiger partial charge in [-0.2, -0.15) is 0 Å². The van der Waals surface area contributed by atoms with Crippen LogP contribution < -0.4 is 25.8 Å². The normalized spacial score (nSPS) is 18.5. The molecule has 1 fully saturated rings. The number of benzene rings is 1. The monoisotopic (exact) mass is 564 g/mol. The zero-order valence-corrected chi connectivity index (χ0v) is 25.5. The number of anilines is 1. The van der Waals surface area contributed by atoms with Crippen molar-refractivity contribution in [2.24, 2.45) is 0 Å². The summed E-state index contributed by atoms with van der Waals surface area (Å²) in [6.45, 7) is 8.89. The Morgan fingerprint density at radius 2 is 2.02 bits per heavy atom. The first-order valence-corrected chi connectivity index (χ1v) is 15.5. The van der Waals surface area contributed by atoms with Crippen molar-refractivity contribution in [3.8, 4) is 5.75 Å². The molecule has 3 unspecified atom stereocenters. The van der Waals surface area contributed by atoms with Gasteiger partial charge in [0.2, 0.25) is 0 Å². The number of fused-ring (bicyclic) bond motifs is 1. The van der Waals surface area contributed by atoms with E-state index in [0.717, 1.165) is 56.1 Å². The third-order valence-corrected chi connectivity index (χ3v) is 8.84. The van der Waals surface area contributed by atoms with Gasteiger partial charge < -0.3 is 24.3 Å². The van der Waals surface area contributed by atoms with E-state index in [-0.39, 0.29) is 35.3 Å². The van der Waals surface area contributed by atoms with Crippen LogP contribution in [0.15, 0.2) is 35.3 Å². The molecule has 1 aromatic carbocycles. The summed E-state index contributed by atoms with van der Waals surface area (Å²) in [4.78, 5) is 39.8. The second-order valence-electron chi connectivity index (χ2n) is 11.9. The Bertz CT molecular complexity index is 1270. The van der Waals surface area contributed by atoms with Crippen molar-refractivity contribution in [2.45, 2.75) is 116 Å². The zero-order chi connectivity index (χ0) is 29.6. The average Bonchev–Trinajstić information content (AvgIpc) is 2.95. The van der Waals surface area contributed by atoms with E-state index in [4.69, 9.17) is 4.74 Å². The van der Waals surface area contributed by atoms with E-state index < -0.39 is 0 Å². The highest BCUT2D eigenvalue weighted by Crippen LogP contribution is 2.49. The van der Waals surface area contributed by atoms with Gasteiger partial charge in [-0.15, -0.1) is 0 Å². The number of ether oxygens (including phenoxy) is 1. The molecule has 224 valence electrons. The molecule has 41 heavy (non-hydrogen) atoms. The van der Waals surface area contributed by atoms with Gasteiger partial charge in [0, 0.05) is 50.3 Å². The molecule has 2 aliphatic rings. The fourth-order valence-corrected chi connectivity index (χ4v) is 6.11. The summed E-state index contributed by atoms with van der Waals surface area (Å²) in [6.07, 6.45) is 11.1. The van der Waals surface area contributed by atoms with Crippen LogP contribution in [0.25, 0.3) is 0 Å². The lowest BCUT2D eigenvalue weighted by Crippen LogP contribution is -2.53. The smallest absolute Gasteiger partial charge is 0.274 e. The molecular formula is C33H48N4O4. The molecule has 4 rings (SSSR count). The first-order chi connectivity index (χ1) is 19.7. The molecule has 1 aliphatic carbocycles. The summed E-state index contributed by atoms with van der Waals surface area (Å²) in [5.74, 6) is 0.739. The Morgan fingerprint density at radius 1 is 1.24 bits per heavy atom. The van der Waals surface area contributed by atoms with Crippen molar-refractivity contribution in [1.29, 1.82) is 0 Å². The van der Waals surface area contributed by atoms with Crippen LogP contribution in [0.2, 0.25) is 0 Å². The summed E-state index contributed by atoms with van der Waals surface area (Å²) in [5.41, 5.74) is 3.14. The highest BCUT2D eigenvalue weighted by atomic mass is 16.5. The van der Waals surface area contributed by atoms with Gasteiger partial charge in [0.25, 0.3) is 11.5 Å². The van der Waals surface area contributed by atoms with Gasteiger partial charge in [-0.1, -0.05) is 39.3 Å². The number of amides is 1.